The zero-order chi connectivity index (χ0) is 15.4. The molecule has 0 aliphatic heterocycles. The standard InChI is InChI=1S/C17H23N5/c1-21-12-13-22(2)17(21)20-19-16-11-7-6-10-15(16)18-14-8-4-3-5-9-14/h6-7,10-14H,3-5,8-9H2,1-2H3/p+1. The summed E-state index contributed by atoms with van der Waals surface area (Å²) < 4.78 is 3.92. The van der Waals surface area contributed by atoms with Gasteiger partial charge in [0.25, 0.3) is 0 Å². The van der Waals surface area contributed by atoms with Gasteiger partial charge >= 0.3 is 5.95 Å². The molecule has 3 rings (SSSR count). The summed E-state index contributed by atoms with van der Waals surface area (Å²) in [5.41, 5.74) is 1.98. The number of para-hydroxylation sites is 1. The summed E-state index contributed by atoms with van der Waals surface area (Å²) in [5.74, 6) is 0.826. The van der Waals surface area contributed by atoms with Gasteiger partial charge in [0.1, 0.15) is 5.69 Å². The van der Waals surface area contributed by atoms with E-state index in [0.717, 1.165) is 17.3 Å². The Bertz CT molecular complexity index is 633. The predicted octanol–water partition coefficient (Wildman–Crippen LogP) is 4.01. The van der Waals surface area contributed by atoms with Gasteiger partial charge in [-0.1, -0.05) is 36.5 Å². The minimum absolute atomic E-state index is 0.566. The van der Waals surface area contributed by atoms with E-state index in [-0.39, 0.29) is 0 Å². The Kier molecular flexibility index (Phi) is 4.51. The van der Waals surface area contributed by atoms with Gasteiger partial charge in [-0.05, 0) is 25.0 Å². The van der Waals surface area contributed by atoms with Crippen molar-refractivity contribution in [3.05, 3.63) is 36.7 Å². The average molecular weight is 298 g/mol. The summed E-state index contributed by atoms with van der Waals surface area (Å²) in [4.78, 5) is 0. The highest BCUT2D eigenvalue weighted by atomic mass is 15.3. The zero-order valence-corrected chi connectivity index (χ0v) is 13.4. The molecule has 0 atom stereocenters. The Morgan fingerprint density at radius 1 is 1.14 bits per heavy atom. The van der Waals surface area contributed by atoms with Crippen LogP contribution >= 0.6 is 0 Å². The molecule has 1 heterocycles. The number of aryl methyl sites for hydroxylation is 2. The van der Waals surface area contributed by atoms with Crippen molar-refractivity contribution in [3.8, 4) is 0 Å². The maximum atomic E-state index is 4.46. The van der Waals surface area contributed by atoms with E-state index >= 15 is 0 Å². The van der Waals surface area contributed by atoms with Crippen molar-refractivity contribution in [2.75, 3.05) is 5.32 Å². The van der Waals surface area contributed by atoms with Crippen LogP contribution in [-0.4, -0.2) is 10.6 Å². The Hall–Kier alpha value is -2.17. The second-order valence-electron chi connectivity index (χ2n) is 6.02. The van der Waals surface area contributed by atoms with Gasteiger partial charge in [-0.15, -0.1) is 0 Å². The van der Waals surface area contributed by atoms with E-state index in [4.69, 9.17) is 0 Å². The van der Waals surface area contributed by atoms with Gasteiger partial charge in [-0.25, -0.2) is 9.13 Å². The topological polar surface area (TPSA) is 45.6 Å². The molecule has 1 N–H and O–H groups in total. The molecule has 0 bridgehead atoms. The van der Waals surface area contributed by atoms with Gasteiger partial charge < -0.3 is 5.32 Å². The lowest BCUT2D eigenvalue weighted by Gasteiger charge is -2.24. The first-order valence-corrected chi connectivity index (χ1v) is 8.02. The van der Waals surface area contributed by atoms with Crippen LogP contribution in [0.25, 0.3) is 0 Å². The molecule has 1 saturated carbocycles. The summed E-state index contributed by atoms with van der Waals surface area (Å²) in [6, 6.07) is 8.72. The third-order valence-electron chi connectivity index (χ3n) is 4.26. The van der Waals surface area contributed by atoms with Crippen molar-refractivity contribution in [1.82, 2.24) is 4.57 Å². The van der Waals surface area contributed by atoms with Crippen molar-refractivity contribution in [3.63, 3.8) is 0 Å². The smallest absolute Gasteiger partial charge is 0.380 e. The maximum absolute atomic E-state index is 4.46. The molecule has 1 aromatic heterocycles. The van der Waals surface area contributed by atoms with Crippen molar-refractivity contribution >= 4 is 17.3 Å². The van der Waals surface area contributed by atoms with E-state index in [1.807, 2.05) is 53.8 Å². The molecule has 0 amide bonds. The highest BCUT2D eigenvalue weighted by Gasteiger charge is 2.15. The Morgan fingerprint density at radius 2 is 1.91 bits per heavy atom. The van der Waals surface area contributed by atoms with E-state index in [1.165, 1.54) is 32.1 Å². The molecule has 116 valence electrons. The molecule has 0 spiro atoms. The monoisotopic (exact) mass is 298 g/mol. The molecule has 5 heteroatoms. The molecule has 0 unspecified atom stereocenters. The van der Waals surface area contributed by atoms with Crippen LogP contribution in [-0.2, 0) is 14.1 Å². The number of nitrogens with zero attached hydrogens (tertiary/aromatic N) is 4. The molecular weight excluding hydrogens is 274 g/mol. The lowest BCUT2D eigenvalue weighted by atomic mass is 9.95. The van der Waals surface area contributed by atoms with Crippen LogP contribution in [0.4, 0.5) is 17.3 Å². The molecule has 1 aliphatic carbocycles. The predicted molar refractivity (Wildman–Crippen MR) is 87.7 cm³/mol. The van der Waals surface area contributed by atoms with Crippen LogP contribution in [0.5, 0.6) is 0 Å². The molecule has 0 saturated heterocycles. The summed E-state index contributed by atoms with van der Waals surface area (Å²) in [5, 5.41) is 12.5. The van der Waals surface area contributed by atoms with E-state index < -0.39 is 0 Å². The highest BCUT2D eigenvalue weighted by molar-refractivity contribution is 5.65. The van der Waals surface area contributed by atoms with Crippen LogP contribution in [0.2, 0.25) is 0 Å². The zero-order valence-electron chi connectivity index (χ0n) is 13.4. The number of imidazole rings is 1. The number of hydrogen-bond acceptors (Lipinski definition) is 3. The third kappa shape index (κ3) is 3.35. The fourth-order valence-corrected chi connectivity index (χ4v) is 2.97. The minimum Gasteiger partial charge on any atom is -0.380 e. The number of anilines is 1. The number of aromatic nitrogens is 2. The van der Waals surface area contributed by atoms with Crippen LogP contribution < -0.4 is 9.88 Å². The van der Waals surface area contributed by atoms with Gasteiger partial charge in [0.2, 0.25) is 0 Å². The first-order valence-electron chi connectivity index (χ1n) is 8.02. The van der Waals surface area contributed by atoms with Crippen molar-refractivity contribution in [2.45, 2.75) is 38.1 Å². The number of azo groups is 1. The molecule has 0 radical (unpaired) electrons. The minimum atomic E-state index is 0.566. The quantitative estimate of drug-likeness (QED) is 0.673. The molecule has 1 fully saturated rings. The van der Waals surface area contributed by atoms with Crippen LogP contribution in [0.3, 0.4) is 0 Å². The van der Waals surface area contributed by atoms with Gasteiger partial charge in [-0.2, -0.15) is 0 Å². The van der Waals surface area contributed by atoms with E-state index in [9.17, 15) is 0 Å². The van der Waals surface area contributed by atoms with E-state index in [1.54, 1.807) is 0 Å². The number of rotatable bonds is 4. The number of nitrogens with one attached hydrogen (secondary N) is 1. The van der Waals surface area contributed by atoms with Gasteiger partial charge in [0, 0.05) is 11.2 Å². The lowest BCUT2D eigenvalue weighted by Crippen LogP contribution is -2.25. The van der Waals surface area contributed by atoms with Gasteiger partial charge in [0.15, 0.2) is 0 Å². The normalized spacial score (nSPS) is 16.3. The first-order chi connectivity index (χ1) is 10.7. The molecule has 1 aliphatic rings. The Labute approximate surface area is 131 Å². The van der Waals surface area contributed by atoms with Gasteiger partial charge in [-0.3, -0.25) is 0 Å². The van der Waals surface area contributed by atoms with Gasteiger partial charge in [0.05, 0.1) is 32.2 Å². The van der Waals surface area contributed by atoms with E-state index in [0.29, 0.717) is 6.04 Å². The average Bonchev–Trinajstić information content (AvgIpc) is 2.86. The van der Waals surface area contributed by atoms with Crippen molar-refractivity contribution in [1.29, 1.82) is 0 Å². The number of hydrogen-bond donors (Lipinski definition) is 1. The first kappa shape index (κ1) is 14.8. The van der Waals surface area contributed by atoms with E-state index in [2.05, 4.69) is 21.6 Å². The third-order valence-corrected chi connectivity index (χ3v) is 4.26. The largest absolute Gasteiger partial charge is 0.421 e. The molecular formula is C17H24N5+. The Balaban J connectivity index is 1.79. The summed E-state index contributed by atoms with van der Waals surface area (Å²) in [7, 11) is 3.95. The fourth-order valence-electron chi connectivity index (χ4n) is 2.97. The lowest BCUT2D eigenvalue weighted by molar-refractivity contribution is -0.657. The molecule has 5 nitrogen and oxygen atoms in total. The second kappa shape index (κ2) is 6.73. The maximum Gasteiger partial charge on any atom is 0.421 e. The highest BCUT2D eigenvalue weighted by Crippen LogP contribution is 2.29. The van der Waals surface area contributed by atoms with Crippen LogP contribution in [0, 0.1) is 0 Å². The van der Waals surface area contributed by atoms with Crippen LogP contribution in [0.15, 0.2) is 46.9 Å². The SMILES string of the molecule is Cn1cc[n+](C)c1N=Nc1ccccc1NC1CCCCC1. The fraction of sp³-hybridized carbons (Fsp3) is 0.471. The second-order valence-corrected chi connectivity index (χ2v) is 6.02. The molecule has 22 heavy (non-hydrogen) atoms. The molecule has 1 aromatic carbocycles. The van der Waals surface area contributed by atoms with Crippen LogP contribution in [0.1, 0.15) is 32.1 Å². The molecule has 2 aromatic rings. The summed E-state index contributed by atoms with van der Waals surface area (Å²) in [6.07, 6.45) is 10.4. The summed E-state index contributed by atoms with van der Waals surface area (Å²) >= 11 is 0. The Morgan fingerprint density at radius 3 is 2.64 bits per heavy atom. The number of benzene rings is 1. The summed E-state index contributed by atoms with van der Waals surface area (Å²) in [6.45, 7) is 0. The van der Waals surface area contributed by atoms with Crippen molar-refractivity contribution in [2.24, 2.45) is 24.3 Å². The van der Waals surface area contributed by atoms with Crippen molar-refractivity contribution < 1.29 is 4.57 Å².